The number of benzene rings is 3. The first-order valence-corrected chi connectivity index (χ1v) is 8.43. The van der Waals surface area contributed by atoms with Gasteiger partial charge in [-0.2, -0.15) is 0 Å². The van der Waals surface area contributed by atoms with Gasteiger partial charge in [-0.1, -0.05) is 72.8 Å². The average Bonchev–Trinajstić information content (AvgIpc) is 2.87. The monoisotopic (exact) mass is 276 g/mol. The van der Waals surface area contributed by atoms with E-state index in [2.05, 4.69) is 24.3 Å². The molecule has 0 fully saturated rings. The van der Waals surface area contributed by atoms with Crippen LogP contribution in [0.15, 0.2) is 72.5 Å². The molecule has 0 aliphatic carbocycles. The van der Waals surface area contributed by atoms with Crippen molar-refractivity contribution in [3.8, 4) is 0 Å². The predicted octanol–water partition coefficient (Wildman–Crippen LogP) is 4.14. The summed E-state index contributed by atoms with van der Waals surface area (Å²) in [7, 11) is -2.64. The first-order valence-electron chi connectivity index (χ1n) is 6.66. The molecule has 1 nitrogen and oxygen atoms in total. The molecule has 1 heterocycles. The fourth-order valence-electron chi connectivity index (χ4n) is 2.90. The van der Waals surface area contributed by atoms with E-state index in [1.165, 1.54) is 0 Å². The summed E-state index contributed by atoms with van der Waals surface area (Å²) in [5, 5.41) is 4.14. The van der Waals surface area contributed by atoms with Crippen molar-refractivity contribution in [2.45, 2.75) is 0 Å². The summed E-state index contributed by atoms with van der Waals surface area (Å²) < 4.78 is 13.6. The number of hydrogen-bond donors (Lipinski definition) is 0. The van der Waals surface area contributed by atoms with Gasteiger partial charge in [0.1, 0.15) is 0 Å². The first kappa shape index (κ1) is 11.7. The topological polar surface area (TPSA) is 17.1 Å². The number of hydrogen-bond acceptors (Lipinski definition) is 1. The van der Waals surface area contributed by atoms with E-state index in [-0.39, 0.29) is 0 Å². The van der Waals surface area contributed by atoms with Gasteiger partial charge in [-0.3, -0.25) is 0 Å². The highest BCUT2D eigenvalue weighted by atomic mass is 31.2. The van der Waals surface area contributed by atoms with E-state index < -0.39 is 7.14 Å². The highest BCUT2D eigenvalue weighted by molar-refractivity contribution is 7.82. The Morgan fingerprint density at radius 3 is 2.35 bits per heavy atom. The maximum Gasteiger partial charge on any atom is 0.165 e. The Morgan fingerprint density at radius 1 is 0.750 bits per heavy atom. The minimum absolute atomic E-state index is 0.909. The van der Waals surface area contributed by atoms with Gasteiger partial charge in [-0.15, -0.1) is 0 Å². The lowest BCUT2D eigenvalue weighted by Gasteiger charge is -2.15. The number of rotatable bonds is 1. The molecular formula is C18H13OP. The van der Waals surface area contributed by atoms with Gasteiger partial charge in [0.05, 0.1) is 0 Å². The third-order valence-electron chi connectivity index (χ3n) is 3.87. The van der Waals surface area contributed by atoms with Crippen LogP contribution >= 0.6 is 7.14 Å². The van der Waals surface area contributed by atoms with Gasteiger partial charge in [0.15, 0.2) is 7.14 Å². The highest BCUT2D eigenvalue weighted by Crippen LogP contribution is 2.52. The second kappa shape index (κ2) is 4.19. The van der Waals surface area contributed by atoms with Gasteiger partial charge < -0.3 is 4.57 Å². The molecule has 1 aliphatic rings. The maximum absolute atomic E-state index is 13.6. The summed E-state index contributed by atoms with van der Waals surface area (Å²) in [6.45, 7) is 0. The van der Waals surface area contributed by atoms with E-state index in [0.717, 1.165) is 26.9 Å². The van der Waals surface area contributed by atoms with Gasteiger partial charge >= 0.3 is 0 Å². The van der Waals surface area contributed by atoms with E-state index in [1.54, 1.807) is 0 Å². The van der Waals surface area contributed by atoms with E-state index in [4.69, 9.17) is 0 Å². The quantitative estimate of drug-likeness (QED) is 0.610. The second-order valence-corrected chi connectivity index (χ2v) is 7.61. The molecule has 0 saturated carbocycles. The van der Waals surface area contributed by atoms with Crippen molar-refractivity contribution in [1.82, 2.24) is 0 Å². The second-order valence-electron chi connectivity index (χ2n) is 5.03. The molecule has 3 aromatic rings. The molecule has 20 heavy (non-hydrogen) atoms. The van der Waals surface area contributed by atoms with Gasteiger partial charge in [0, 0.05) is 10.6 Å². The summed E-state index contributed by atoms with van der Waals surface area (Å²) >= 11 is 0. The minimum atomic E-state index is -2.64. The molecule has 0 spiro atoms. The van der Waals surface area contributed by atoms with Crippen molar-refractivity contribution < 1.29 is 4.57 Å². The Kier molecular flexibility index (Phi) is 2.45. The van der Waals surface area contributed by atoms with Crippen LogP contribution in [0.25, 0.3) is 16.8 Å². The molecule has 0 saturated heterocycles. The summed E-state index contributed by atoms with van der Waals surface area (Å²) in [5.41, 5.74) is 1.08. The Morgan fingerprint density at radius 2 is 1.50 bits per heavy atom. The fourth-order valence-corrected chi connectivity index (χ4v) is 5.56. The lowest BCUT2D eigenvalue weighted by Crippen LogP contribution is -2.14. The molecule has 0 bridgehead atoms. The van der Waals surface area contributed by atoms with Crippen molar-refractivity contribution in [1.29, 1.82) is 0 Å². The molecule has 1 atom stereocenters. The van der Waals surface area contributed by atoms with Crippen molar-refractivity contribution in [3.63, 3.8) is 0 Å². The smallest absolute Gasteiger partial charge is 0.165 e. The fraction of sp³-hybridized carbons (Fsp3) is 0. The Hall–Kier alpha value is -2.11. The third kappa shape index (κ3) is 1.54. The largest absolute Gasteiger partial charge is 0.309 e. The van der Waals surface area contributed by atoms with E-state index in [9.17, 15) is 4.57 Å². The third-order valence-corrected chi connectivity index (χ3v) is 6.67. The Labute approximate surface area is 117 Å². The lowest BCUT2D eigenvalue weighted by atomic mass is 10.1. The van der Waals surface area contributed by atoms with Crippen LogP contribution in [0.5, 0.6) is 0 Å². The van der Waals surface area contributed by atoms with Crippen LogP contribution in [-0.2, 0) is 4.57 Å². The lowest BCUT2D eigenvalue weighted by molar-refractivity contribution is 0.592. The van der Waals surface area contributed by atoms with Crippen LogP contribution in [0.4, 0.5) is 0 Å². The van der Waals surface area contributed by atoms with E-state index in [1.807, 2.05) is 54.4 Å². The van der Waals surface area contributed by atoms with Crippen LogP contribution in [0, 0.1) is 0 Å². The standard InChI is InChI=1S/C18H13OP/c19-20(16-7-2-1-3-8-16)13-12-15-11-10-14-6-4-5-9-17(14)18(15)20/h1-13H. The Balaban J connectivity index is 2.09. The average molecular weight is 276 g/mol. The molecule has 0 radical (unpaired) electrons. The first-order chi connectivity index (χ1) is 9.79. The van der Waals surface area contributed by atoms with Crippen LogP contribution in [0.1, 0.15) is 5.56 Å². The van der Waals surface area contributed by atoms with Crippen molar-refractivity contribution in [2.24, 2.45) is 0 Å². The van der Waals surface area contributed by atoms with E-state index >= 15 is 0 Å². The summed E-state index contributed by atoms with van der Waals surface area (Å²) in [5.74, 6) is 1.89. The zero-order valence-electron chi connectivity index (χ0n) is 10.9. The van der Waals surface area contributed by atoms with Crippen LogP contribution in [-0.4, -0.2) is 0 Å². The normalized spacial score (nSPS) is 20.2. The maximum atomic E-state index is 13.6. The molecule has 0 amide bonds. The van der Waals surface area contributed by atoms with Gasteiger partial charge in [-0.25, -0.2) is 0 Å². The number of fused-ring (bicyclic) bond motifs is 3. The molecular weight excluding hydrogens is 263 g/mol. The minimum Gasteiger partial charge on any atom is -0.309 e. The molecule has 1 aliphatic heterocycles. The van der Waals surface area contributed by atoms with Gasteiger partial charge in [0.25, 0.3) is 0 Å². The Bertz CT molecular complexity index is 878. The molecule has 2 heteroatoms. The highest BCUT2D eigenvalue weighted by Gasteiger charge is 2.32. The molecule has 96 valence electrons. The van der Waals surface area contributed by atoms with Gasteiger partial charge in [-0.05, 0) is 22.2 Å². The molecule has 0 N–H and O–H groups in total. The zero-order valence-corrected chi connectivity index (χ0v) is 11.8. The molecule has 0 aromatic heterocycles. The molecule has 3 aromatic carbocycles. The predicted molar refractivity (Wildman–Crippen MR) is 86.3 cm³/mol. The molecule has 1 unspecified atom stereocenters. The molecule has 4 rings (SSSR count). The summed E-state index contributed by atoms with van der Waals surface area (Å²) in [6, 6.07) is 22.1. The van der Waals surface area contributed by atoms with Crippen LogP contribution < -0.4 is 10.6 Å². The van der Waals surface area contributed by atoms with Crippen LogP contribution in [0.3, 0.4) is 0 Å². The van der Waals surface area contributed by atoms with Crippen molar-refractivity contribution in [2.75, 3.05) is 0 Å². The van der Waals surface area contributed by atoms with Crippen LogP contribution in [0.2, 0.25) is 0 Å². The summed E-state index contributed by atoms with van der Waals surface area (Å²) in [6.07, 6.45) is 2.00. The van der Waals surface area contributed by atoms with Crippen molar-refractivity contribution in [3.05, 3.63) is 78.1 Å². The van der Waals surface area contributed by atoms with Crippen molar-refractivity contribution >= 4 is 34.6 Å². The van der Waals surface area contributed by atoms with Gasteiger partial charge in [0.2, 0.25) is 0 Å². The SMILES string of the molecule is O=P1(c2ccccc2)C=Cc2ccc3ccccc3c21. The summed E-state index contributed by atoms with van der Waals surface area (Å²) in [4.78, 5) is 0. The zero-order chi connectivity index (χ0) is 13.6. The van der Waals surface area contributed by atoms with E-state index in [0.29, 0.717) is 0 Å².